The number of carbonyl (C=O) groups is 1. The molecule has 2 aromatic rings. The van der Waals surface area contributed by atoms with Gasteiger partial charge in [0.15, 0.2) is 0 Å². The number of thiol groups is 1. The van der Waals surface area contributed by atoms with Crippen molar-refractivity contribution in [3.8, 4) is 0 Å². The minimum Gasteiger partial charge on any atom is -0.321 e. The van der Waals surface area contributed by atoms with E-state index in [0.29, 0.717) is 11.3 Å². The normalized spacial score (nSPS) is 10.2. The van der Waals surface area contributed by atoms with Crippen molar-refractivity contribution in [2.75, 3.05) is 5.32 Å². The molecule has 1 aromatic heterocycles. The Kier molecular flexibility index (Phi) is 4.04. The van der Waals surface area contributed by atoms with Crippen molar-refractivity contribution in [1.29, 1.82) is 0 Å². The molecular weight excluding hydrogens is 312 g/mol. The number of nitrogens with zero attached hydrogens (tertiary/aromatic N) is 1. The van der Waals surface area contributed by atoms with Crippen LogP contribution in [0.15, 0.2) is 45.9 Å². The summed E-state index contributed by atoms with van der Waals surface area (Å²) in [5, 5.41) is 2.79. The lowest BCUT2D eigenvalue weighted by molar-refractivity contribution is 0.102. The summed E-state index contributed by atoms with van der Waals surface area (Å²) in [5.74, 6) is -0.191. The van der Waals surface area contributed by atoms with Gasteiger partial charge in [0.25, 0.3) is 5.91 Å². The third-order valence-corrected chi connectivity index (χ3v) is 3.33. The molecule has 0 aliphatic carbocycles. The van der Waals surface area contributed by atoms with Crippen molar-refractivity contribution in [2.24, 2.45) is 0 Å². The summed E-state index contributed by atoms with van der Waals surface area (Å²) < 4.78 is 0.734. The lowest BCUT2D eigenvalue weighted by Gasteiger charge is -2.07. The van der Waals surface area contributed by atoms with Gasteiger partial charge in [0.05, 0.1) is 17.4 Å². The minimum atomic E-state index is -0.191. The summed E-state index contributed by atoms with van der Waals surface area (Å²) in [4.78, 5) is 16.9. The molecule has 0 radical (unpaired) electrons. The van der Waals surface area contributed by atoms with Gasteiger partial charge in [-0.05, 0) is 53.2 Å². The van der Waals surface area contributed by atoms with E-state index in [4.69, 9.17) is 0 Å². The summed E-state index contributed by atoms with van der Waals surface area (Å²) in [5.41, 5.74) is 2.12. The average Bonchev–Trinajstić information content (AvgIpc) is 2.35. The highest BCUT2D eigenvalue weighted by Crippen LogP contribution is 2.21. The number of nitrogens with one attached hydrogen (secondary N) is 1. The van der Waals surface area contributed by atoms with Crippen molar-refractivity contribution < 1.29 is 4.79 Å². The maximum atomic E-state index is 12.1. The van der Waals surface area contributed by atoms with Crippen LogP contribution in [-0.2, 0) is 0 Å². The van der Waals surface area contributed by atoms with E-state index in [1.54, 1.807) is 18.3 Å². The Morgan fingerprint density at radius 3 is 2.78 bits per heavy atom. The fraction of sp³-hybridized carbons (Fsp3) is 0.0769. The topological polar surface area (TPSA) is 42.0 Å². The molecule has 1 amide bonds. The van der Waals surface area contributed by atoms with Crippen LogP contribution < -0.4 is 5.32 Å². The van der Waals surface area contributed by atoms with Gasteiger partial charge in [0.1, 0.15) is 0 Å². The molecule has 0 saturated carbocycles. The molecular formula is C13H11BrN2OS. The van der Waals surface area contributed by atoms with Gasteiger partial charge in [0.2, 0.25) is 0 Å². The molecule has 3 nitrogen and oxygen atoms in total. The van der Waals surface area contributed by atoms with Gasteiger partial charge >= 0.3 is 0 Å². The summed E-state index contributed by atoms with van der Waals surface area (Å²) in [6.45, 7) is 1.90. The molecule has 0 fully saturated rings. The van der Waals surface area contributed by atoms with Gasteiger partial charge < -0.3 is 5.32 Å². The Morgan fingerprint density at radius 1 is 1.33 bits per heavy atom. The monoisotopic (exact) mass is 322 g/mol. The second-order valence-corrected chi connectivity index (χ2v) is 5.18. The van der Waals surface area contributed by atoms with Gasteiger partial charge in [-0.1, -0.05) is 0 Å². The molecule has 0 spiro atoms. The van der Waals surface area contributed by atoms with Crippen molar-refractivity contribution in [3.63, 3.8) is 0 Å². The molecule has 18 heavy (non-hydrogen) atoms. The number of pyridine rings is 1. The fourth-order valence-electron chi connectivity index (χ4n) is 1.43. The Balaban J connectivity index is 2.21. The molecule has 1 heterocycles. The quantitative estimate of drug-likeness (QED) is 0.828. The predicted octanol–water partition coefficient (Wildman–Crippen LogP) is 3.69. The van der Waals surface area contributed by atoms with E-state index in [-0.39, 0.29) is 5.91 Å². The zero-order valence-electron chi connectivity index (χ0n) is 9.64. The van der Waals surface area contributed by atoms with Crippen molar-refractivity contribution >= 4 is 40.2 Å². The predicted molar refractivity (Wildman–Crippen MR) is 78.3 cm³/mol. The van der Waals surface area contributed by atoms with Gasteiger partial charge in [-0.3, -0.25) is 9.78 Å². The molecule has 2 rings (SSSR count). The van der Waals surface area contributed by atoms with Crippen LogP contribution >= 0.6 is 28.6 Å². The Labute approximate surface area is 119 Å². The van der Waals surface area contributed by atoms with Crippen molar-refractivity contribution in [3.05, 3.63) is 52.3 Å². The molecule has 1 N–H and O–H groups in total. The number of anilines is 1. The standard InChI is InChI=1S/C13H11BrN2OS/c1-8-2-3-9(7-15-8)16-13(17)11-6-10(18)4-5-12(11)14/h2-7,18H,1H3,(H,16,17). The molecule has 92 valence electrons. The zero-order chi connectivity index (χ0) is 13.1. The van der Waals surface area contributed by atoms with E-state index in [1.807, 2.05) is 25.1 Å². The highest BCUT2D eigenvalue weighted by atomic mass is 79.9. The summed E-state index contributed by atoms with van der Waals surface area (Å²) in [6, 6.07) is 8.99. The maximum Gasteiger partial charge on any atom is 0.256 e. The molecule has 0 saturated heterocycles. The highest BCUT2D eigenvalue weighted by Gasteiger charge is 2.10. The number of benzene rings is 1. The molecule has 0 atom stereocenters. The molecule has 0 aliphatic rings. The second kappa shape index (κ2) is 5.54. The summed E-state index contributed by atoms with van der Waals surface area (Å²) in [7, 11) is 0. The van der Waals surface area contributed by atoms with Crippen LogP contribution in [0.1, 0.15) is 16.1 Å². The number of carbonyl (C=O) groups excluding carboxylic acids is 1. The van der Waals surface area contributed by atoms with E-state index < -0.39 is 0 Å². The van der Waals surface area contributed by atoms with Crippen LogP contribution in [0.3, 0.4) is 0 Å². The van der Waals surface area contributed by atoms with Gasteiger partial charge in [-0.2, -0.15) is 0 Å². The number of aryl methyl sites for hydroxylation is 1. The third-order valence-electron chi connectivity index (χ3n) is 2.36. The highest BCUT2D eigenvalue weighted by molar-refractivity contribution is 9.10. The smallest absolute Gasteiger partial charge is 0.256 e. The first-order valence-corrected chi connectivity index (χ1v) is 6.53. The number of hydrogen-bond donors (Lipinski definition) is 2. The Hall–Kier alpha value is -1.33. The third kappa shape index (κ3) is 3.11. The van der Waals surface area contributed by atoms with E-state index in [2.05, 4.69) is 38.9 Å². The molecule has 5 heteroatoms. The van der Waals surface area contributed by atoms with Crippen LogP contribution in [0.2, 0.25) is 0 Å². The number of rotatable bonds is 2. The number of amides is 1. The van der Waals surface area contributed by atoms with Crippen LogP contribution in [0.4, 0.5) is 5.69 Å². The first-order valence-electron chi connectivity index (χ1n) is 5.29. The SMILES string of the molecule is Cc1ccc(NC(=O)c2cc(S)ccc2Br)cn1. The van der Waals surface area contributed by atoms with E-state index in [0.717, 1.165) is 15.1 Å². The van der Waals surface area contributed by atoms with Crippen LogP contribution in [-0.4, -0.2) is 10.9 Å². The minimum absolute atomic E-state index is 0.191. The first-order chi connectivity index (χ1) is 8.56. The average molecular weight is 323 g/mol. The number of aromatic nitrogens is 1. The largest absolute Gasteiger partial charge is 0.321 e. The second-order valence-electron chi connectivity index (χ2n) is 3.81. The van der Waals surface area contributed by atoms with Crippen LogP contribution in [0.5, 0.6) is 0 Å². The van der Waals surface area contributed by atoms with E-state index >= 15 is 0 Å². The molecule has 0 aliphatic heterocycles. The summed E-state index contributed by atoms with van der Waals surface area (Å²) in [6.07, 6.45) is 1.63. The maximum absolute atomic E-state index is 12.1. The number of hydrogen-bond acceptors (Lipinski definition) is 3. The Bertz CT molecular complexity index is 584. The zero-order valence-corrected chi connectivity index (χ0v) is 12.1. The van der Waals surface area contributed by atoms with Crippen LogP contribution in [0.25, 0.3) is 0 Å². The van der Waals surface area contributed by atoms with Gasteiger partial charge in [0, 0.05) is 15.1 Å². The fourth-order valence-corrected chi connectivity index (χ4v) is 2.06. The summed E-state index contributed by atoms with van der Waals surface area (Å²) >= 11 is 7.57. The van der Waals surface area contributed by atoms with Crippen LogP contribution in [0, 0.1) is 6.92 Å². The molecule has 0 unspecified atom stereocenters. The lowest BCUT2D eigenvalue weighted by Crippen LogP contribution is -2.12. The molecule has 0 bridgehead atoms. The Morgan fingerprint density at radius 2 is 2.11 bits per heavy atom. The van der Waals surface area contributed by atoms with Gasteiger partial charge in [-0.15, -0.1) is 12.6 Å². The molecule has 1 aromatic carbocycles. The van der Waals surface area contributed by atoms with Crippen molar-refractivity contribution in [2.45, 2.75) is 11.8 Å². The van der Waals surface area contributed by atoms with E-state index in [9.17, 15) is 4.79 Å². The number of halogens is 1. The van der Waals surface area contributed by atoms with Crippen molar-refractivity contribution in [1.82, 2.24) is 4.98 Å². The van der Waals surface area contributed by atoms with Gasteiger partial charge in [-0.25, -0.2) is 0 Å². The first kappa shape index (κ1) is 13.1. The van der Waals surface area contributed by atoms with E-state index in [1.165, 1.54) is 0 Å². The lowest BCUT2D eigenvalue weighted by atomic mass is 10.2.